The number of hydrogen-bond donors (Lipinski definition) is 0. The minimum atomic E-state index is -0.404. The van der Waals surface area contributed by atoms with Crippen LogP contribution in [0.15, 0.2) is 87.2 Å². The molecule has 0 amide bonds. The maximum absolute atomic E-state index is 12.2. The summed E-state index contributed by atoms with van der Waals surface area (Å²) in [7, 11) is 3.22. The Bertz CT molecular complexity index is 1560. The predicted molar refractivity (Wildman–Crippen MR) is 137 cm³/mol. The average Bonchev–Trinajstić information content (AvgIpc) is 3.31. The Kier molecular flexibility index (Phi) is 6.29. The summed E-state index contributed by atoms with van der Waals surface area (Å²) in [6.45, 7) is 2.05. The van der Waals surface area contributed by atoms with Gasteiger partial charge in [0, 0.05) is 34.5 Å². The van der Waals surface area contributed by atoms with Crippen molar-refractivity contribution in [2.45, 2.75) is 17.8 Å². The summed E-state index contributed by atoms with van der Waals surface area (Å²) >= 11 is 1.50. The summed E-state index contributed by atoms with van der Waals surface area (Å²) in [5, 5.41) is 10.6. The van der Waals surface area contributed by atoms with Crippen LogP contribution < -0.4 is 15.1 Å². The Morgan fingerprint density at radius 1 is 0.914 bits per heavy atom. The van der Waals surface area contributed by atoms with Gasteiger partial charge in [0.1, 0.15) is 17.1 Å². The number of hydrogen-bond acceptors (Lipinski definition) is 7. The van der Waals surface area contributed by atoms with E-state index in [0.29, 0.717) is 28.1 Å². The Balaban J connectivity index is 1.56. The van der Waals surface area contributed by atoms with Gasteiger partial charge in [-0.3, -0.25) is 4.57 Å². The second kappa shape index (κ2) is 9.68. The van der Waals surface area contributed by atoms with Crippen molar-refractivity contribution in [3.05, 3.63) is 94.3 Å². The molecule has 0 N–H and O–H groups in total. The van der Waals surface area contributed by atoms with Crippen LogP contribution in [-0.2, 0) is 5.75 Å². The summed E-state index contributed by atoms with van der Waals surface area (Å²) in [5.41, 5.74) is 3.94. The fourth-order valence-corrected chi connectivity index (χ4v) is 4.78. The van der Waals surface area contributed by atoms with E-state index >= 15 is 0 Å². The lowest BCUT2D eigenvalue weighted by molar-refractivity contribution is 0.414. The number of aromatic nitrogens is 3. The van der Waals surface area contributed by atoms with Crippen molar-refractivity contribution in [3.8, 4) is 28.6 Å². The number of ether oxygens (including phenoxy) is 2. The molecule has 0 spiro atoms. The first-order valence-electron chi connectivity index (χ1n) is 11.0. The van der Waals surface area contributed by atoms with Crippen LogP contribution in [0.25, 0.3) is 28.0 Å². The van der Waals surface area contributed by atoms with Crippen LogP contribution in [0.5, 0.6) is 11.5 Å². The van der Waals surface area contributed by atoms with Gasteiger partial charge in [0.25, 0.3) is 0 Å². The van der Waals surface area contributed by atoms with Crippen LogP contribution in [0.4, 0.5) is 0 Å². The summed E-state index contributed by atoms with van der Waals surface area (Å²) in [4.78, 5) is 12.2. The first-order chi connectivity index (χ1) is 17.1. The van der Waals surface area contributed by atoms with Crippen molar-refractivity contribution >= 4 is 22.7 Å². The number of methoxy groups -OCH3 is 2. The van der Waals surface area contributed by atoms with Crippen LogP contribution in [0, 0.1) is 6.92 Å². The molecule has 2 heterocycles. The van der Waals surface area contributed by atoms with Gasteiger partial charge in [0.2, 0.25) is 0 Å². The van der Waals surface area contributed by atoms with Gasteiger partial charge < -0.3 is 13.9 Å². The van der Waals surface area contributed by atoms with E-state index in [4.69, 9.17) is 13.9 Å². The quantitative estimate of drug-likeness (QED) is 0.217. The fourth-order valence-electron chi connectivity index (χ4n) is 3.84. The Morgan fingerprint density at radius 2 is 1.69 bits per heavy atom. The van der Waals surface area contributed by atoms with E-state index in [-0.39, 0.29) is 0 Å². The predicted octanol–water partition coefficient (Wildman–Crippen LogP) is 5.66. The molecular formula is C27H23N3O4S. The zero-order valence-corrected chi connectivity index (χ0v) is 20.3. The average molecular weight is 486 g/mol. The summed E-state index contributed by atoms with van der Waals surface area (Å²) in [5.74, 6) is 2.59. The van der Waals surface area contributed by atoms with E-state index in [1.807, 2.05) is 53.1 Å². The molecule has 0 aliphatic rings. The van der Waals surface area contributed by atoms with Crippen molar-refractivity contribution in [1.82, 2.24) is 14.8 Å². The van der Waals surface area contributed by atoms with Gasteiger partial charge in [-0.15, -0.1) is 10.2 Å². The van der Waals surface area contributed by atoms with E-state index in [0.717, 1.165) is 33.5 Å². The van der Waals surface area contributed by atoms with Crippen LogP contribution in [-0.4, -0.2) is 29.0 Å². The molecule has 0 unspecified atom stereocenters. The molecular weight excluding hydrogens is 462 g/mol. The molecule has 5 rings (SSSR count). The number of thioether (sulfide) groups is 1. The smallest absolute Gasteiger partial charge is 0.336 e. The lowest BCUT2D eigenvalue weighted by atomic mass is 10.1. The van der Waals surface area contributed by atoms with E-state index in [9.17, 15) is 4.79 Å². The number of aryl methyl sites for hydroxylation is 1. The first-order valence-corrected chi connectivity index (χ1v) is 11.9. The van der Waals surface area contributed by atoms with Crippen molar-refractivity contribution in [2.75, 3.05) is 14.2 Å². The van der Waals surface area contributed by atoms with Crippen LogP contribution >= 0.6 is 11.8 Å². The van der Waals surface area contributed by atoms with Crippen molar-refractivity contribution in [3.63, 3.8) is 0 Å². The van der Waals surface area contributed by atoms with E-state index in [1.54, 1.807) is 20.3 Å². The molecule has 5 aromatic rings. The highest BCUT2D eigenvalue weighted by Crippen LogP contribution is 2.33. The third kappa shape index (κ3) is 4.65. The molecule has 0 bridgehead atoms. The number of rotatable bonds is 7. The topological polar surface area (TPSA) is 79.4 Å². The molecule has 0 atom stereocenters. The van der Waals surface area contributed by atoms with E-state index in [2.05, 4.69) is 29.3 Å². The molecule has 0 aliphatic heterocycles. The maximum Gasteiger partial charge on any atom is 0.336 e. The first kappa shape index (κ1) is 22.7. The fraction of sp³-hybridized carbons (Fsp3) is 0.148. The number of benzene rings is 3. The minimum Gasteiger partial charge on any atom is -0.497 e. The van der Waals surface area contributed by atoms with Crippen molar-refractivity contribution in [1.29, 1.82) is 0 Å². The molecule has 35 heavy (non-hydrogen) atoms. The zero-order chi connectivity index (χ0) is 24.4. The molecule has 0 aliphatic carbocycles. The van der Waals surface area contributed by atoms with Crippen molar-refractivity contribution < 1.29 is 13.9 Å². The molecule has 8 heteroatoms. The van der Waals surface area contributed by atoms with Crippen molar-refractivity contribution in [2.24, 2.45) is 0 Å². The molecule has 2 aromatic heterocycles. The van der Waals surface area contributed by atoms with Gasteiger partial charge in [-0.05, 0) is 48.9 Å². The number of nitrogens with zero attached hydrogens (tertiary/aromatic N) is 3. The van der Waals surface area contributed by atoms with Gasteiger partial charge in [-0.2, -0.15) is 0 Å². The summed E-state index contributed by atoms with van der Waals surface area (Å²) in [6, 6.07) is 23.0. The molecule has 0 radical (unpaired) electrons. The van der Waals surface area contributed by atoms with Gasteiger partial charge in [0.05, 0.1) is 14.2 Å². The third-order valence-electron chi connectivity index (χ3n) is 5.65. The Hall–Kier alpha value is -4.04. The highest BCUT2D eigenvalue weighted by atomic mass is 32.2. The Labute approximate surface area is 206 Å². The minimum absolute atomic E-state index is 0.404. The molecule has 3 aromatic carbocycles. The Morgan fingerprint density at radius 3 is 2.46 bits per heavy atom. The van der Waals surface area contributed by atoms with Gasteiger partial charge >= 0.3 is 5.63 Å². The monoisotopic (exact) mass is 485 g/mol. The third-order valence-corrected chi connectivity index (χ3v) is 6.63. The van der Waals surface area contributed by atoms with Gasteiger partial charge in [-0.25, -0.2) is 4.79 Å². The zero-order valence-electron chi connectivity index (χ0n) is 19.5. The summed E-state index contributed by atoms with van der Waals surface area (Å²) < 4.78 is 18.1. The molecule has 0 saturated heterocycles. The number of fused-ring (bicyclic) bond motifs is 1. The SMILES string of the molecule is COc1cccc(-c2nnc(SCc3cc(=O)oc4cc(OC)ccc34)n2-c2ccc(C)cc2)c1. The van der Waals surface area contributed by atoms with E-state index < -0.39 is 5.63 Å². The van der Waals surface area contributed by atoms with Crippen LogP contribution in [0.1, 0.15) is 11.1 Å². The molecule has 7 nitrogen and oxygen atoms in total. The lowest BCUT2D eigenvalue weighted by Gasteiger charge is -2.12. The van der Waals surface area contributed by atoms with Crippen LogP contribution in [0.3, 0.4) is 0 Å². The lowest BCUT2D eigenvalue weighted by Crippen LogP contribution is -2.02. The highest BCUT2D eigenvalue weighted by molar-refractivity contribution is 7.98. The second-order valence-corrected chi connectivity index (χ2v) is 8.89. The molecule has 0 fully saturated rings. The molecule has 176 valence electrons. The van der Waals surface area contributed by atoms with Crippen LogP contribution in [0.2, 0.25) is 0 Å². The largest absolute Gasteiger partial charge is 0.497 e. The van der Waals surface area contributed by atoms with Gasteiger partial charge in [-0.1, -0.05) is 41.6 Å². The standard InChI is InChI=1S/C27H23N3O4S/c1-17-7-9-20(10-8-17)30-26(18-5-4-6-21(13-18)32-2)28-29-27(30)35-16-19-14-25(31)34-24-15-22(33-3)11-12-23(19)24/h4-15H,16H2,1-3H3. The summed E-state index contributed by atoms with van der Waals surface area (Å²) in [6.07, 6.45) is 0. The van der Waals surface area contributed by atoms with E-state index in [1.165, 1.54) is 17.8 Å². The highest BCUT2D eigenvalue weighted by Gasteiger charge is 2.18. The molecule has 0 saturated carbocycles. The normalized spacial score (nSPS) is 11.1. The second-order valence-electron chi connectivity index (χ2n) is 7.95. The maximum atomic E-state index is 12.2. The van der Waals surface area contributed by atoms with Gasteiger partial charge in [0.15, 0.2) is 11.0 Å².